The summed E-state index contributed by atoms with van der Waals surface area (Å²) in [5.41, 5.74) is 1.01. The summed E-state index contributed by atoms with van der Waals surface area (Å²) in [6.07, 6.45) is 4.63. The zero-order valence-electron chi connectivity index (χ0n) is 21.3. The quantitative estimate of drug-likeness (QED) is 0.506. The summed E-state index contributed by atoms with van der Waals surface area (Å²) in [6.45, 7) is 4.69. The molecule has 1 aliphatic heterocycles. The number of hydrogen-bond acceptors (Lipinski definition) is 6. The predicted octanol–water partition coefficient (Wildman–Crippen LogP) is 3.77. The second kappa shape index (κ2) is 12.0. The lowest BCUT2D eigenvalue weighted by molar-refractivity contribution is -0.132. The van der Waals surface area contributed by atoms with Crippen molar-refractivity contribution in [3.8, 4) is 11.5 Å². The van der Waals surface area contributed by atoms with E-state index in [1.165, 1.54) is 4.31 Å². The molecule has 1 aliphatic carbocycles. The summed E-state index contributed by atoms with van der Waals surface area (Å²) in [5, 5.41) is 0. The Morgan fingerprint density at radius 3 is 2.28 bits per heavy atom. The monoisotopic (exact) mass is 515 g/mol. The van der Waals surface area contributed by atoms with Gasteiger partial charge in [0.05, 0.1) is 30.8 Å². The summed E-state index contributed by atoms with van der Waals surface area (Å²) < 4.78 is 39.9. The molecule has 0 aromatic heterocycles. The molecule has 0 atom stereocenters. The van der Waals surface area contributed by atoms with Crippen molar-refractivity contribution in [3.63, 3.8) is 0 Å². The van der Waals surface area contributed by atoms with Gasteiger partial charge in [-0.05, 0) is 56.2 Å². The standard InChI is InChI=1S/C27H37N3O5S/c1-3-35-23-13-15-24(16-14-23)36(32,33)30(22-9-5-4-6-10-22)21-27(31)29-19-17-28(18-20-29)25-11-7-8-12-26(25)34-2/h7-8,11-16,22H,3-6,9-10,17-21H2,1-2H3. The number of benzene rings is 2. The number of hydrogen-bond donors (Lipinski definition) is 0. The lowest BCUT2D eigenvalue weighted by Gasteiger charge is -2.38. The molecule has 1 amide bonds. The van der Waals surface area contributed by atoms with E-state index in [0.717, 1.165) is 43.5 Å². The minimum absolute atomic E-state index is 0.130. The van der Waals surface area contributed by atoms with E-state index in [1.807, 2.05) is 31.2 Å². The molecule has 2 aliphatic rings. The summed E-state index contributed by atoms with van der Waals surface area (Å²) >= 11 is 0. The van der Waals surface area contributed by atoms with Gasteiger partial charge in [-0.3, -0.25) is 4.79 Å². The maximum Gasteiger partial charge on any atom is 0.243 e. The highest BCUT2D eigenvalue weighted by Crippen LogP contribution is 2.30. The van der Waals surface area contributed by atoms with Crippen molar-refractivity contribution in [2.45, 2.75) is 50.0 Å². The molecule has 1 saturated heterocycles. The number of rotatable bonds is 9. The van der Waals surface area contributed by atoms with Crippen LogP contribution in [0.4, 0.5) is 5.69 Å². The first-order valence-corrected chi connectivity index (χ1v) is 14.3. The van der Waals surface area contributed by atoms with Crippen molar-refractivity contribution in [3.05, 3.63) is 48.5 Å². The van der Waals surface area contributed by atoms with E-state index in [2.05, 4.69) is 4.90 Å². The Labute approximate surface area is 214 Å². The molecule has 8 nitrogen and oxygen atoms in total. The van der Waals surface area contributed by atoms with E-state index in [1.54, 1.807) is 36.3 Å². The summed E-state index contributed by atoms with van der Waals surface area (Å²) in [4.78, 5) is 17.6. The van der Waals surface area contributed by atoms with E-state index >= 15 is 0 Å². The smallest absolute Gasteiger partial charge is 0.243 e. The topological polar surface area (TPSA) is 79.4 Å². The molecule has 2 fully saturated rings. The molecule has 1 heterocycles. The molecule has 2 aromatic carbocycles. The van der Waals surface area contributed by atoms with Gasteiger partial charge in [0.2, 0.25) is 15.9 Å². The Balaban J connectivity index is 1.47. The summed E-state index contributed by atoms with van der Waals surface area (Å²) in [6, 6.07) is 14.2. The molecule has 0 spiro atoms. The number of carbonyl (C=O) groups excluding carboxylic acids is 1. The number of nitrogens with zero attached hydrogens (tertiary/aromatic N) is 3. The van der Waals surface area contributed by atoms with Crippen LogP contribution in [-0.4, -0.2) is 76.0 Å². The molecule has 1 saturated carbocycles. The number of ether oxygens (including phenoxy) is 2. The fourth-order valence-electron chi connectivity index (χ4n) is 5.11. The first-order valence-electron chi connectivity index (χ1n) is 12.8. The first kappa shape index (κ1) is 26.3. The predicted molar refractivity (Wildman–Crippen MR) is 140 cm³/mol. The van der Waals surface area contributed by atoms with E-state index in [4.69, 9.17) is 9.47 Å². The normalized spacial score (nSPS) is 17.3. The van der Waals surface area contributed by atoms with E-state index in [-0.39, 0.29) is 23.4 Å². The summed E-state index contributed by atoms with van der Waals surface area (Å²) in [5.74, 6) is 1.29. The van der Waals surface area contributed by atoms with Crippen LogP contribution in [0.3, 0.4) is 0 Å². The number of amides is 1. The maximum atomic E-state index is 13.7. The van der Waals surface area contributed by atoms with Gasteiger partial charge in [-0.2, -0.15) is 4.31 Å². The molecule has 36 heavy (non-hydrogen) atoms. The maximum absolute atomic E-state index is 13.7. The van der Waals surface area contributed by atoms with Crippen LogP contribution in [0.25, 0.3) is 0 Å². The van der Waals surface area contributed by atoms with E-state index < -0.39 is 10.0 Å². The average molecular weight is 516 g/mol. The van der Waals surface area contributed by atoms with Gasteiger partial charge in [-0.15, -0.1) is 0 Å². The number of anilines is 1. The van der Waals surface area contributed by atoms with Crippen LogP contribution in [-0.2, 0) is 14.8 Å². The van der Waals surface area contributed by atoms with Crippen LogP contribution in [0.5, 0.6) is 11.5 Å². The first-order chi connectivity index (χ1) is 17.4. The van der Waals surface area contributed by atoms with Crippen molar-refractivity contribution in [2.24, 2.45) is 0 Å². The molecular weight excluding hydrogens is 478 g/mol. The Bertz CT molecular complexity index is 1110. The minimum atomic E-state index is -3.83. The SMILES string of the molecule is CCOc1ccc(S(=O)(=O)N(CC(=O)N2CCN(c3ccccc3OC)CC2)C2CCCCC2)cc1. The van der Waals surface area contributed by atoms with Crippen LogP contribution in [0.1, 0.15) is 39.0 Å². The van der Waals surface area contributed by atoms with Gasteiger partial charge >= 0.3 is 0 Å². The third-order valence-corrected chi connectivity index (χ3v) is 8.99. The number of sulfonamides is 1. The van der Waals surface area contributed by atoms with Crippen LogP contribution in [0.15, 0.2) is 53.4 Å². The fourth-order valence-corrected chi connectivity index (χ4v) is 6.74. The zero-order valence-corrected chi connectivity index (χ0v) is 22.1. The fraction of sp³-hybridized carbons (Fsp3) is 0.519. The van der Waals surface area contributed by atoms with E-state index in [9.17, 15) is 13.2 Å². The van der Waals surface area contributed by atoms with Crippen LogP contribution < -0.4 is 14.4 Å². The molecule has 196 valence electrons. The van der Waals surface area contributed by atoms with Gasteiger partial charge < -0.3 is 19.3 Å². The number of carbonyl (C=O) groups is 1. The van der Waals surface area contributed by atoms with Crippen molar-refractivity contribution in [2.75, 3.05) is 51.3 Å². The van der Waals surface area contributed by atoms with Crippen molar-refractivity contribution in [1.82, 2.24) is 9.21 Å². The van der Waals surface area contributed by atoms with Crippen LogP contribution in [0.2, 0.25) is 0 Å². The summed E-state index contributed by atoms with van der Waals surface area (Å²) in [7, 11) is -2.17. The second-order valence-corrected chi connectivity index (χ2v) is 11.2. The number of piperazine rings is 1. The highest BCUT2D eigenvalue weighted by Gasteiger charge is 2.35. The Kier molecular flexibility index (Phi) is 8.74. The zero-order chi connectivity index (χ0) is 25.5. The lowest BCUT2D eigenvalue weighted by atomic mass is 9.95. The van der Waals surface area contributed by atoms with Gasteiger partial charge in [0, 0.05) is 32.2 Å². The van der Waals surface area contributed by atoms with Crippen LogP contribution in [0, 0.1) is 0 Å². The molecule has 2 aromatic rings. The Morgan fingerprint density at radius 1 is 0.972 bits per heavy atom. The Hall–Kier alpha value is -2.78. The Morgan fingerprint density at radius 2 is 1.64 bits per heavy atom. The highest BCUT2D eigenvalue weighted by atomic mass is 32.2. The molecule has 0 radical (unpaired) electrons. The highest BCUT2D eigenvalue weighted by molar-refractivity contribution is 7.89. The molecule has 0 unspecified atom stereocenters. The molecule has 0 bridgehead atoms. The van der Waals surface area contributed by atoms with Gasteiger partial charge in [0.1, 0.15) is 11.5 Å². The van der Waals surface area contributed by atoms with Gasteiger partial charge in [0.15, 0.2) is 0 Å². The lowest BCUT2D eigenvalue weighted by Crippen LogP contribution is -2.53. The van der Waals surface area contributed by atoms with Gasteiger partial charge in [-0.1, -0.05) is 31.4 Å². The third-order valence-electron chi connectivity index (χ3n) is 7.07. The van der Waals surface area contributed by atoms with Gasteiger partial charge in [-0.25, -0.2) is 8.42 Å². The molecule has 4 rings (SSSR count). The molecule has 9 heteroatoms. The minimum Gasteiger partial charge on any atom is -0.495 e. The van der Waals surface area contributed by atoms with Crippen molar-refractivity contribution < 1.29 is 22.7 Å². The average Bonchev–Trinajstić information content (AvgIpc) is 2.92. The third kappa shape index (κ3) is 5.95. The van der Waals surface area contributed by atoms with Crippen molar-refractivity contribution >= 4 is 21.6 Å². The number of para-hydroxylation sites is 2. The number of methoxy groups -OCH3 is 1. The van der Waals surface area contributed by atoms with Crippen molar-refractivity contribution in [1.29, 1.82) is 0 Å². The molecular formula is C27H37N3O5S. The second-order valence-electron chi connectivity index (χ2n) is 9.29. The molecule has 0 N–H and O–H groups in total. The van der Waals surface area contributed by atoms with Gasteiger partial charge in [0.25, 0.3) is 0 Å². The van der Waals surface area contributed by atoms with Crippen LogP contribution >= 0.6 is 0 Å². The van der Waals surface area contributed by atoms with E-state index in [0.29, 0.717) is 38.5 Å². The largest absolute Gasteiger partial charge is 0.495 e.